The second-order valence-electron chi connectivity index (χ2n) is 8.34. The van der Waals surface area contributed by atoms with Crippen molar-refractivity contribution in [1.29, 1.82) is 0 Å². The minimum Gasteiger partial charge on any atom is -0.393 e. The Hall–Kier alpha value is -3.72. The van der Waals surface area contributed by atoms with Crippen LogP contribution in [0, 0.1) is 0 Å². The number of nitrogens with one attached hydrogen (secondary N) is 1. The largest absolute Gasteiger partial charge is 0.393 e. The summed E-state index contributed by atoms with van der Waals surface area (Å²) in [5.74, 6) is 1.57. The summed E-state index contributed by atoms with van der Waals surface area (Å²) in [6.07, 6.45) is 5.30. The zero-order valence-electron chi connectivity index (χ0n) is 18.6. The number of aliphatic hydroxyl groups excluding tert-OH is 1. The number of carbonyl (C=O) groups is 1. The molecule has 2 aromatic heterocycles. The van der Waals surface area contributed by atoms with Gasteiger partial charge in [-0.25, -0.2) is 9.97 Å². The third-order valence-electron chi connectivity index (χ3n) is 6.17. The van der Waals surface area contributed by atoms with Crippen LogP contribution in [-0.4, -0.2) is 58.8 Å². The molecule has 0 atom stereocenters. The summed E-state index contributed by atoms with van der Waals surface area (Å²) in [6, 6.07) is 13.8. The van der Waals surface area contributed by atoms with Gasteiger partial charge in [0.2, 0.25) is 11.9 Å². The average molecular weight is 446 g/mol. The Morgan fingerprint density at radius 1 is 0.970 bits per heavy atom. The van der Waals surface area contributed by atoms with Crippen molar-refractivity contribution in [3.05, 3.63) is 54.9 Å². The second kappa shape index (κ2) is 9.03. The van der Waals surface area contributed by atoms with Gasteiger partial charge in [0.15, 0.2) is 5.82 Å². The highest BCUT2D eigenvalue weighted by Crippen LogP contribution is 2.35. The maximum absolute atomic E-state index is 12.6. The lowest BCUT2D eigenvalue weighted by atomic mass is 10.1. The molecule has 33 heavy (non-hydrogen) atoms. The van der Waals surface area contributed by atoms with E-state index in [4.69, 9.17) is 0 Å². The number of pyridine rings is 1. The fourth-order valence-electron chi connectivity index (χ4n) is 4.24. The van der Waals surface area contributed by atoms with Crippen molar-refractivity contribution in [2.45, 2.75) is 25.4 Å². The number of aromatic nitrogens is 3. The van der Waals surface area contributed by atoms with Gasteiger partial charge in [0.25, 0.3) is 0 Å². The minimum atomic E-state index is -0.205. The molecule has 1 amide bonds. The minimum absolute atomic E-state index is 0.00783. The van der Waals surface area contributed by atoms with Crippen LogP contribution in [0.25, 0.3) is 0 Å². The predicted molar refractivity (Wildman–Crippen MR) is 128 cm³/mol. The number of benzene rings is 1. The summed E-state index contributed by atoms with van der Waals surface area (Å²) < 4.78 is 0. The number of aliphatic hydroxyl groups is 1. The number of nitrogens with zero attached hydrogens (tertiary/aromatic N) is 6. The molecule has 9 heteroatoms. The first-order valence-electron chi connectivity index (χ1n) is 11.2. The van der Waals surface area contributed by atoms with Crippen molar-refractivity contribution in [3.63, 3.8) is 0 Å². The molecule has 1 fully saturated rings. The number of hydrogen-bond donors (Lipinski definition) is 2. The SMILES string of the molecule is CN1C(=O)CCN(c2ccccc2)c2cnc(Nc3ccc(N4CCC(O)CC4)cn3)nc21. The van der Waals surface area contributed by atoms with Crippen LogP contribution in [-0.2, 0) is 4.79 Å². The fraction of sp³-hybridized carbons (Fsp3) is 0.333. The Morgan fingerprint density at radius 3 is 2.48 bits per heavy atom. The molecule has 0 bridgehead atoms. The molecule has 0 aliphatic carbocycles. The molecule has 3 aromatic rings. The van der Waals surface area contributed by atoms with Crippen molar-refractivity contribution in [3.8, 4) is 0 Å². The molecule has 1 aromatic carbocycles. The lowest BCUT2D eigenvalue weighted by molar-refractivity contribution is -0.118. The molecule has 0 saturated carbocycles. The summed E-state index contributed by atoms with van der Waals surface area (Å²) in [5, 5.41) is 12.9. The highest BCUT2D eigenvalue weighted by Gasteiger charge is 2.27. The smallest absolute Gasteiger partial charge is 0.230 e. The molecule has 0 radical (unpaired) electrons. The van der Waals surface area contributed by atoms with Gasteiger partial charge in [-0.2, -0.15) is 4.98 Å². The zero-order chi connectivity index (χ0) is 22.8. The van der Waals surface area contributed by atoms with Crippen LogP contribution in [0.5, 0.6) is 0 Å². The number of para-hydroxylation sites is 1. The Kier molecular flexibility index (Phi) is 5.78. The van der Waals surface area contributed by atoms with Gasteiger partial charge >= 0.3 is 0 Å². The number of fused-ring (bicyclic) bond motifs is 1. The van der Waals surface area contributed by atoms with Crippen LogP contribution >= 0.6 is 0 Å². The van der Waals surface area contributed by atoms with Gasteiger partial charge < -0.3 is 20.2 Å². The van der Waals surface area contributed by atoms with E-state index in [9.17, 15) is 9.90 Å². The van der Waals surface area contributed by atoms with Gasteiger partial charge in [0.1, 0.15) is 11.5 Å². The molecule has 2 aliphatic heterocycles. The van der Waals surface area contributed by atoms with E-state index in [1.165, 1.54) is 0 Å². The van der Waals surface area contributed by atoms with Gasteiger partial charge in [0, 0.05) is 38.8 Å². The first kappa shape index (κ1) is 21.1. The van der Waals surface area contributed by atoms with E-state index in [0.29, 0.717) is 30.5 Å². The average Bonchev–Trinajstić information content (AvgIpc) is 2.97. The van der Waals surface area contributed by atoms with E-state index in [0.717, 1.165) is 43.0 Å². The molecule has 1 saturated heterocycles. The maximum Gasteiger partial charge on any atom is 0.230 e. The molecule has 0 unspecified atom stereocenters. The Bertz CT molecular complexity index is 1120. The van der Waals surface area contributed by atoms with Gasteiger partial charge in [-0.15, -0.1) is 0 Å². The third kappa shape index (κ3) is 4.45. The number of piperidine rings is 1. The van der Waals surface area contributed by atoms with Gasteiger partial charge in [0.05, 0.1) is 24.2 Å². The van der Waals surface area contributed by atoms with Gasteiger partial charge in [-0.1, -0.05) is 18.2 Å². The van der Waals surface area contributed by atoms with E-state index in [-0.39, 0.29) is 12.0 Å². The summed E-state index contributed by atoms with van der Waals surface area (Å²) in [4.78, 5) is 32.2. The number of carbonyl (C=O) groups excluding carboxylic acids is 1. The summed E-state index contributed by atoms with van der Waals surface area (Å²) in [6.45, 7) is 2.20. The monoisotopic (exact) mass is 445 g/mol. The molecule has 4 heterocycles. The molecular formula is C24H27N7O2. The molecule has 5 rings (SSSR count). The Labute approximate surface area is 192 Å². The second-order valence-corrected chi connectivity index (χ2v) is 8.34. The zero-order valence-corrected chi connectivity index (χ0v) is 18.6. The van der Waals surface area contributed by atoms with Crippen molar-refractivity contribution in [1.82, 2.24) is 15.0 Å². The molecule has 170 valence electrons. The lowest BCUT2D eigenvalue weighted by Gasteiger charge is -2.31. The lowest BCUT2D eigenvalue weighted by Crippen LogP contribution is -2.35. The number of amides is 1. The summed E-state index contributed by atoms with van der Waals surface area (Å²) >= 11 is 0. The van der Waals surface area contributed by atoms with Crippen LogP contribution in [0.3, 0.4) is 0 Å². The first-order valence-corrected chi connectivity index (χ1v) is 11.2. The van der Waals surface area contributed by atoms with Crippen molar-refractivity contribution in [2.24, 2.45) is 0 Å². The first-order chi connectivity index (χ1) is 16.1. The highest BCUT2D eigenvalue weighted by atomic mass is 16.3. The number of anilines is 6. The van der Waals surface area contributed by atoms with E-state index in [2.05, 4.69) is 30.1 Å². The number of hydrogen-bond acceptors (Lipinski definition) is 8. The third-order valence-corrected chi connectivity index (χ3v) is 6.17. The van der Waals surface area contributed by atoms with Crippen LogP contribution in [0.2, 0.25) is 0 Å². The van der Waals surface area contributed by atoms with Crippen LogP contribution in [0.4, 0.5) is 34.6 Å². The summed E-state index contributed by atoms with van der Waals surface area (Å²) in [5.41, 5.74) is 2.81. The molecular weight excluding hydrogens is 418 g/mol. The van der Waals surface area contributed by atoms with Gasteiger partial charge in [-0.3, -0.25) is 9.69 Å². The normalized spacial score (nSPS) is 17.0. The highest BCUT2D eigenvalue weighted by molar-refractivity contribution is 5.98. The van der Waals surface area contributed by atoms with E-state index in [1.807, 2.05) is 48.7 Å². The van der Waals surface area contributed by atoms with Crippen molar-refractivity contribution >= 4 is 40.6 Å². The molecule has 0 spiro atoms. The van der Waals surface area contributed by atoms with E-state index < -0.39 is 0 Å². The van der Waals surface area contributed by atoms with Crippen molar-refractivity contribution in [2.75, 3.05) is 46.7 Å². The fourth-order valence-corrected chi connectivity index (χ4v) is 4.24. The maximum atomic E-state index is 12.6. The van der Waals surface area contributed by atoms with Crippen LogP contribution in [0.15, 0.2) is 54.9 Å². The van der Waals surface area contributed by atoms with E-state index in [1.54, 1.807) is 18.1 Å². The Morgan fingerprint density at radius 2 is 1.76 bits per heavy atom. The van der Waals surface area contributed by atoms with Gasteiger partial charge in [-0.05, 0) is 37.1 Å². The van der Waals surface area contributed by atoms with Crippen molar-refractivity contribution < 1.29 is 9.90 Å². The quantitative estimate of drug-likeness (QED) is 0.632. The standard InChI is InChI=1S/C24H27N7O2/c1-29-22(33)11-14-31(17-5-3-2-4-6-17)20-16-26-24(28-23(20)29)27-21-8-7-18(15-25-21)30-12-9-19(32)10-13-30/h2-8,15-16,19,32H,9-14H2,1H3,(H,25,26,27,28). The Balaban J connectivity index is 1.38. The summed E-state index contributed by atoms with van der Waals surface area (Å²) in [7, 11) is 1.75. The molecule has 2 N–H and O–H groups in total. The molecule has 9 nitrogen and oxygen atoms in total. The number of rotatable bonds is 4. The van der Waals surface area contributed by atoms with Crippen LogP contribution in [0.1, 0.15) is 19.3 Å². The molecule has 2 aliphatic rings. The predicted octanol–water partition coefficient (Wildman–Crippen LogP) is 3.08. The van der Waals surface area contributed by atoms with Crippen LogP contribution < -0.4 is 20.0 Å². The topological polar surface area (TPSA) is 97.7 Å². The van der Waals surface area contributed by atoms with E-state index >= 15 is 0 Å².